The Morgan fingerprint density at radius 3 is 2.38 bits per heavy atom. The quantitative estimate of drug-likeness (QED) is 0.445. The number of carboxylic acids is 1. The second-order valence-electron chi connectivity index (χ2n) is 6.42. The minimum absolute atomic E-state index is 0.0789. The molecule has 3 N–H and O–H groups in total. The fourth-order valence-electron chi connectivity index (χ4n) is 2.31. The summed E-state index contributed by atoms with van der Waals surface area (Å²) in [6, 6.07) is 3.68. The van der Waals surface area contributed by atoms with Gasteiger partial charge in [0.05, 0.1) is 11.3 Å². The number of benzene rings is 1. The molecule has 0 radical (unpaired) electrons. The minimum Gasteiger partial charge on any atom is -0.480 e. The topological polar surface area (TPSA) is 139 Å². The van der Waals surface area contributed by atoms with Crippen molar-refractivity contribution in [2.24, 2.45) is 5.92 Å². The number of aliphatic carboxylic acids is 1. The molecule has 0 heterocycles. The van der Waals surface area contributed by atoms with Gasteiger partial charge in [-0.05, 0) is 24.8 Å². The first-order chi connectivity index (χ1) is 12.1. The van der Waals surface area contributed by atoms with E-state index >= 15 is 0 Å². The summed E-state index contributed by atoms with van der Waals surface area (Å²) in [7, 11) is 0. The van der Waals surface area contributed by atoms with Gasteiger partial charge in [-0.2, -0.15) is 0 Å². The van der Waals surface area contributed by atoms with E-state index in [0.717, 1.165) is 0 Å². The Bertz CT molecular complexity index is 689. The number of carbonyl (C=O) groups is 3. The molecule has 0 aliphatic rings. The molecular formula is C17H23N3O6. The third-order valence-corrected chi connectivity index (χ3v) is 3.58. The van der Waals surface area contributed by atoms with Crippen molar-refractivity contribution in [1.82, 2.24) is 10.6 Å². The van der Waals surface area contributed by atoms with Gasteiger partial charge in [0.1, 0.15) is 12.1 Å². The number of nitrogens with zero attached hydrogens (tertiary/aromatic N) is 1. The van der Waals surface area contributed by atoms with E-state index in [9.17, 15) is 24.5 Å². The maximum atomic E-state index is 12.1. The van der Waals surface area contributed by atoms with Crippen LogP contribution in [0, 0.1) is 16.0 Å². The molecule has 2 amide bonds. The van der Waals surface area contributed by atoms with Gasteiger partial charge in [-0.15, -0.1) is 0 Å². The van der Waals surface area contributed by atoms with Crippen LogP contribution in [-0.2, 0) is 20.8 Å². The summed E-state index contributed by atoms with van der Waals surface area (Å²) < 4.78 is 0. The molecule has 9 heteroatoms. The Morgan fingerprint density at radius 1 is 1.19 bits per heavy atom. The van der Waals surface area contributed by atoms with Crippen LogP contribution < -0.4 is 10.6 Å². The minimum atomic E-state index is -1.14. The van der Waals surface area contributed by atoms with Crippen molar-refractivity contribution in [3.63, 3.8) is 0 Å². The SMILES string of the molecule is CC(C)C[C@H](NC(=O)[C@H](C)NC(=O)Cc1cccc([N+](=O)[O-])c1)C(=O)O. The average Bonchev–Trinajstić information content (AvgIpc) is 2.53. The molecule has 9 nitrogen and oxygen atoms in total. The third-order valence-electron chi connectivity index (χ3n) is 3.58. The first kappa shape index (κ1) is 21.1. The van der Waals surface area contributed by atoms with Crippen LogP contribution in [0.3, 0.4) is 0 Å². The summed E-state index contributed by atoms with van der Waals surface area (Å²) in [5, 5.41) is 24.7. The lowest BCUT2D eigenvalue weighted by atomic mass is 10.0. The summed E-state index contributed by atoms with van der Waals surface area (Å²) >= 11 is 0. The predicted octanol–water partition coefficient (Wildman–Crippen LogP) is 1.26. The van der Waals surface area contributed by atoms with Crippen LogP contribution in [-0.4, -0.2) is 39.9 Å². The molecule has 0 aromatic heterocycles. The number of non-ortho nitro benzene ring substituents is 1. The lowest BCUT2D eigenvalue weighted by Crippen LogP contribution is -2.50. The Kier molecular flexibility index (Phi) is 7.70. The number of hydrogen-bond acceptors (Lipinski definition) is 5. The zero-order chi connectivity index (χ0) is 19.9. The molecule has 0 aliphatic carbocycles. The normalized spacial score (nSPS) is 12.9. The first-order valence-corrected chi connectivity index (χ1v) is 8.16. The molecule has 2 atom stereocenters. The number of carboxylic acid groups (broad SMARTS) is 1. The molecule has 0 aliphatic heterocycles. The Labute approximate surface area is 150 Å². The van der Waals surface area contributed by atoms with Crippen LogP contribution in [0.1, 0.15) is 32.8 Å². The molecule has 0 saturated carbocycles. The van der Waals surface area contributed by atoms with E-state index in [1.165, 1.54) is 25.1 Å². The van der Waals surface area contributed by atoms with Crippen molar-refractivity contribution in [1.29, 1.82) is 0 Å². The van der Waals surface area contributed by atoms with Crippen LogP contribution in [0.5, 0.6) is 0 Å². The van der Waals surface area contributed by atoms with Gasteiger partial charge in [0, 0.05) is 12.1 Å². The maximum absolute atomic E-state index is 12.1. The summed E-state index contributed by atoms with van der Waals surface area (Å²) in [5.41, 5.74) is 0.312. The van der Waals surface area contributed by atoms with Gasteiger partial charge >= 0.3 is 5.97 Å². The highest BCUT2D eigenvalue weighted by molar-refractivity contribution is 5.90. The molecule has 0 spiro atoms. The van der Waals surface area contributed by atoms with Gasteiger partial charge in [-0.3, -0.25) is 19.7 Å². The number of hydrogen-bond donors (Lipinski definition) is 3. The van der Waals surface area contributed by atoms with E-state index in [1.807, 2.05) is 13.8 Å². The van der Waals surface area contributed by atoms with E-state index < -0.39 is 34.8 Å². The second-order valence-corrected chi connectivity index (χ2v) is 6.42. The van der Waals surface area contributed by atoms with Gasteiger partial charge in [-0.1, -0.05) is 26.0 Å². The van der Waals surface area contributed by atoms with E-state index in [2.05, 4.69) is 10.6 Å². The van der Waals surface area contributed by atoms with E-state index in [4.69, 9.17) is 5.11 Å². The molecule has 1 rings (SSSR count). The second kappa shape index (κ2) is 9.50. The van der Waals surface area contributed by atoms with Crippen molar-refractivity contribution >= 4 is 23.5 Å². The number of carbonyl (C=O) groups excluding carboxylic acids is 2. The Morgan fingerprint density at radius 2 is 1.85 bits per heavy atom. The highest BCUT2D eigenvalue weighted by Crippen LogP contribution is 2.13. The maximum Gasteiger partial charge on any atom is 0.326 e. The van der Waals surface area contributed by atoms with Gasteiger partial charge in [0.2, 0.25) is 11.8 Å². The lowest BCUT2D eigenvalue weighted by molar-refractivity contribution is -0.384. The number of nitro benzene ring substituents is 1. The number of amides is 2. The van der Waals surface area contributed by atoms with Crippen molar-refractivity contribution in [3.05, 3.63) is 39.9 Å². The summed E-state index contributed by atoms with van der Waals surface area (Å²) in [4.78, 5) is 45.5. The van der Waals surface area contributed by atoms with Crippen molar-refractivity contribution in [3.8, 4) is 0 Å². The first-order valence-electron chi connectivity index (χ1n) is 8.16. The summed E-state index contributed by atoms with van der Waals surface area (Å²) in [5.74, 6) is -2.16. The fourth-order valence-corrected chi connectivity index (χ4v) is 2.31. The molecule has 142 valence electrons. The largest absolute Gasteiger partial charge is 0.480 e. The molecule has 0 saturated heterocycles. The van der Waals surface area contributed by atoms with Crippen LogP contribution in [0.25, 0.3) is 0 Å². The van der Waals surface area contributed by atoms with Crippen molar-refractivity contribution in [2.75, 3.05) is 0 Å². The summed E-state index contributed by atoms with van der Waals surface area (Å²) in [6.07, 6.45) is 0.142. The summed E-state index contributed by atoms with van der Waals surface area (Å²) in [6.45, 7) is 5.12. The van der Waals surface area contributed by atoms with Gasteiger partial charge in [0.15, 0.2) is 0 Å². The predicted molar refractivity (Wildman–Crippen MR) is 93.4 cm³/mol. The molecule has 0 bridgehead atoms. The van der Waals surface area contributed by atoms with E-state index in [-0.39, 0.29) is 24.4 Å². The van der Waals surface area contributed by atoms with Crippen LogP contribution in [0.2, 0.25) is 0 Å². The third kappa shape index (κ3) is 6.88. The van der Waals surface area contributed by atoms with Crippen LogP contribution in [0.4, 0.5) is 5.69 Å². The van der Waals surface area contributed by atoms with Gasteiger partial charge in [-0.25, -0.2) is 4.79 Å². The molecule has 0 unspecified atom stereocenters. The smallest absolute Gasteiger partial charge is 0.326 e. The number of rotatable bonds is 9. The van der Waals surface area contributed by atoms with Crippen molar-refractivity contribution in [2.45, 2.75) is 45.7 Å². The molecule has 1 aromatic carbocycles. The highest BCUT2D eigenvalue weighted by Gasteiger charge is 2.24. The Hall–Kier alpha value is -2.97. The molecule has 1 aromatic rings. The Balaban J connectivity index is 2.62. The van der Waals surface area contributed by atoms with Gasteiger partial charge in [0.25, 0.3) is 5.69 Å². The molecule has 0 fully saturated rings. The van der Waals surface area contributed by atoms with Crippen LogP contribution >= 0.6 is 0 Å². The highest BCUT2D eigenvalue weighted by atomic mass is 16.6. The number of nitrogens with one attached hydrogen (secondary N) is 2. The zero-order valence-electron chi connectivity index (χ0n) is 14.9. The fraction of sp³-hybridized carbons (Fsp3) is 0.471. The monoisotopic (exact) mass is 365 g/mol. The average molecular weight is 365 g/mol. The molecular weight excluding hydrogens is 342 g/mol. The van der Waals surface area contributed by atoms with Crippen molar-refractivity contribution < 1.29 is 24.4 Å². The standard InChI is InChI=1S/C17H23N3O6/c1-10(2)7-14(17(23)24)19-16(22)11(3)18-15(21)9-12-5-4-6-13(8-12)20(25)26/h4-6,8,10-11,14H,7,9H2,1-3H3,(H,18,21)(H,19,22)(H,23,24)/t11-,14-/m0/s1. The zero-order valence-corrected chi connectivity index (χ0v) is 14.9. The van der Waals surface area contributed by atoms with E-state index in [0.29, 0.717) is 5.56 Å². The number of nitro groups is 1. The van der Waals surface area contributed by atoms with E-state index in [1.54, 1.807) is 6.07 Å². The van der Waals surface area contributed by atoms with Gasteiger partial charge < -0.3 is 15.7 Å². The lowest BCUT2D eigenvalue weighted by Gasteiger charge is -2.20. The van der Waals surface area contributed by atoms with Crippen LogP contribution in [0.15, 0.2) is 24.3 Å². The molecule has 26 heavy (non-hydrogen) atoms.